The number of nitrogens with one attached hydrogen (secondary N) is 1. The number of aliphatic carboxylic acids is 1. The number of nitrogens with zero attached hydrogens (tertiary/aromatic N) is 2. The molecule has 0 fully saturated rings. The minimum absolute atomic E-state index is 0.127. The quantitative estimate of drug-likeness (QED) is 0.581. The molecular formula is C12H16BrN3O4. The van der Waals surface area contributed by atoms with Gasteiger partial charge in [-0.1, -0.05) is 13.8 Å². The molecule has 2 N–H and O–H groups in total. The van der Waals surface area contributed by atoms with E-state index in [9.17, 15) is 20.0 Å². The molecule has 7 nitrogen and oxygen atoms in total. The van der Waals surface area contributed by atoms with E-state index >= 15 is 0 Å². The van der Waals surface area contributed by atoms with Gasteiger partial charge >= 0.3 is 5.97 Å². The van der Waals surface area contributed by atoms with Crippen LogP contribution in [0.1, 0.15) is 26.7 Å². The number of nitro groups is 1. The van der Waals surface area contributed by atoms with E-state index in [1.165, 1.54) is 6.07 Å². The van der Waals surface area contributed by atoms with Gasteiger partial charge in [-0.2, -0.15) is 0 Å². The summed E-state index contributed by atoms with van der Waals surface area (Å²) in [6.07, 6.45) is 2.10. The molecule has 0 atom stereocenters. The summed E-state index contributed by atoms with van der Waals surface area (Å²) < 4.78 is 0.429. The lowest BCUT2D eigenvalue weighted by molar-refractivity contribution is -0.385. The summed E-state index contributed by atoms with van der Waals surface area (Å²) in [6, 6.07) is 1.33. The number of carbonyl (C=O) groups is 1. The molecule has 0 aliphatic rings. The van der Waals surface area contributed by atoms with Crippen LogP contribution >= 0.6 is 15.9 Å². The maximum Gasteiger partial charge on any atom is 0.311 e. The van der Waals surface area contributed by atoms with Gasteiger partial charge in [-0.3, -0.25) is 14.9 Å². The zero-order chi connectivity index (χ0) is 15.3. The van der Waals surface area contributed by atoms with Crippen molar-refractivity contribution in [1.29, 1.82) is 0 Å². The molecule has 0 aliphatic heterocycles. The Hall–Kier alpha value is -1.70. The van der Waals surface area contributed by atoms with Crippen LogP contribution in [0.5, 0.6) is 0 Å². The largest absolute Gasteiger partial charge is 0.481 e. The third-order valence-corrected chi connectivity index (χ3v) is 4.04. The van der Waals surface area contributed by atoms with E-state index in [1.54, 1.807) is 0 Å². The Kier molecular flexibility index (Phi) is 5.43. The standard InChI is InChI=1S/C12H16BrN3O4/c1-3-12(4-2,11(17)18)7-15-10-9(13)5-8(6-14-10)16(19)20/h5-6H,3-4,7H2,1-2H3,(H,14,15)(H,17,18). The number of carboxylic acid groups (broad SMARTS) is 1. The van der Waals surface area contributed by atoms with Gasteiger partial charge in [0.1, 0.15) is 12.0 Å². The van der Waals surface area contributed by atoms with Crippen LogP contribution in [0, 0.1) is 15.5 Å². The molecule has 0 radical (unpaired) electrons. The smallest absolute Gasteiger partial charge is 0.311 e. The molecule has 0 aromatic carbocycles. The lowest BCUT2D eigenvalue weighted by atomic mass is 9.82. The van der Waals surface area contributed by atoms with Crippen LogP contribution in [0.15, 0.2) is 16.7 Å². The highest BCUT2D eigenvalue weighted by Gasteiger charge is 2.34. The van der Waals surface area contributed by atoms with Crippen molar-refractivity contribution in [1.82, 2.24) is 4.98 Å². The van der Waals surface area contributed by atoms with Gasteiger partial charge in [0.05, 0.1) is 14.8 Å². The first-order valence-electron chi connectivity index (χ1n) is 6.13. The Morgan fingerprint density at radius 3 is 2.55 bits per heavy atom. The first-order chi connectivity index (χ1) is 9.36. The highest BCUT2D eigenvalue weighted by atomic mass is 79.9. The van der Waals surface area contributed by atoms with E-state index < -0.39 is 16.3 Å². The van der Waals surface area contributed by atoms with Crippen molar-refractivity contribution < 1.29 is 14.8 Å². The zero-order valence-corrected chi connectivity index (χ0v) is 12.8. The Morgan fingerprint density at radius 1 is 1.55 bits per heavy atom. The molecule has 0 aliphatic carbocycles. The van der Waals surface area contributed by atoms with Gasteiger partial charge in [0, 0.05) is 12.6 Å². The lowest BCUT2D eigenvalue weighted by Crippen LogP contribution is -2.37. The van der Waals surface area contributed by atoms with Gasteiger partial charge in [0.15, 0.2) is 0 Å². The molecule has 0 amide bonds. The van der Waals surface area contributed by atoms with E-state index in [2.05, 4.69) is 26.2 Å². The summed E-state index contributed by atoms with van der Waals surface area (Å²) in [5.74, 6) is -0.476. The number of pyridine rings is 1. The van der Waals surface area contributed by atoms with Crippen LogP contribution in [0.2, 0.25) is 0 Å². The number of halogens is 1. The van der Waals surface area contributed by atoms with Gasteiger partial charge < -0.3 is 10.4 Å². The van der Waals surface area contributed by atoms with Crippen molar-refractivity contribution in [3.63, 3.8) is 0 Å². The minimum atomic E-state index is -0.872. The molecule has 1 rings (SSSR count). The summed E-state index contributed by atoms with van der Waals surface area (Å²) in [4.78, 5) is 25.4. The fraction of sp³-hybridized carbons (Fsp3) is 0.500. The van der Waals surface area contributed by atoms with Crippen LogP contribution in [0.4, 0.5) is 11.5 Å². The second-order valence-electron chi connectivity index (χ2n) is 4.43. The summed E-state index contributed by atoms with van der Waals surface area (Å²) in [7, 11) is 0. The van der Waals surface area contributed by atoms with E-state index in [1.807, 2.05) is 13.8 Å². The van der Waals surface area contributed by atoms with E-state index in [0.29, 0.717) is 23.1 Å². The summed E-state index contributed by atoms with van der Waals surface area (Å²) in [6.45, 7) is 3.84. The summed E-state index contributed by atoms with van der Waals surface area (Å²) >= 11 is 3.19. The third kappa shape index (κ3) is 3.44. The van der Waals surface area contributed by atoms with Gasteiger partial charge in [0.25, 0.3) is 5.69 Å². The lowest BCUT2D eigenvalue weighted by Gasteiger charge is -2.27. The maximum absolute atomic E-state index is 11.4. The SMILES string of the molecule is CCC(CC)(CNc1ncc([N+](=O)[O-])cc1Br)C(=O)O. The minimum Gasteiger partial charge on any atom is -0.481 e. The average Bonchev–Trinajstić information content (AvgIpc) is 2.41. The van der Waals surface area contributed by atoms with Crippen LogP contribution in [-0.2, 0) is 4.79 Å². The van der Waals surface area contributed by atoms with Crippen molar-refractivity contribution in [3.8, 4) is 0 Å². The highest BCUT2D eigenvalue weighted by Crippen LogP contribution is 2.29. The zero-order valence-electron chi connectivity index (χ0n) is 11.2. The Balaban J connectivity index is 2.89. The van der Waals surface area contributed by atoms with Gasteiger partial charge in [0.2, 0.25) is 0 Å². The van der Waals surface area contributed by atoms with Crippen molar-refractivity contribution in [2.24, 2.45) is 5.41 Å². The number of hydrogen-bond donors (Lipinski definition) is 2. The van der Waals surface area contributed by atoms with Crippen LogP contribution in [0.25, 0.3) is 0 Å². The van der Waals surface area contributed by atoms with Gasteiger partial charge in [-0.15, -0.1) is 0 Å². The molecule has 0 bridgehead atoms. The Morgan fingerprint density at radius 2 is 2.15 bits per heavy atom. The van der Waals surface area contributed by atoms with E-state index in [0.717, 1.165) is 6.20 Å². The molecule has 110 valence electrons. The molecule has 8 heteroatoms. The van der Waals surface area contributed by atoms with Crippen LogP contribution < -0.4 is 5.32 Å². The molecule has 20 heavy (non-hydrogen) atoms. The predicted molar refractivity (Wildman–Crippen MR) is 77.7 cm³/mol. The number of anilines is 1. The monoisotopic (exact) mass is 345 g/mol. The second kappa shape index (κ2) is 6.65. The third-order valence-electron chi connectivity index (χ3n) is 3.44. The Bertz CT molecular complexity index is 517. The topological polar surface area (TPSA) is 105 Å². The molecule has 1 heterocycles. The number of hydrogen-bond acceptors (Lipinski definition) is 5. The van der Waals surface area contributed by atoms with Gasteiger partial charge in [-0.25, -0.2) is 4.98 Å². The number of carboxylic acids is 1. The molecule has 0 saturated heterocycles. The second-order valence-corrected chi connectivity index (χ2v) is 5.28. The fourth-order valence-corrected chi connectivity index (χ4v) is 2.27. The molecule has 0 unspecified atom stereocenters. The van der Waals surface area contributed by atoms with Crippen molar-refractivity contribution in [3.05, 3.63) is 26.9 Å². The fourth-order valence-electron chi connectivity index (χ4n) is 1.79. The number of rotatable bonds is 7. The predicted octanol–water partition coefficient (Wildman–Crippen LogP) is 3.06. The molecule has 1 aromatic rings. The van der Waals surface area contributed by atoms with Crippen molar-refractivity contribution in [2.75, 3.05) is 11.9 Å². The summed E-state index contributed by atoms with van der Waals surface area (Å²) in [5, 5.41) is 22.9. The first-order valence-corrected chi connectivity index (χ1v) is 6.92. The van der Waals surface area contributed by atoms with Crippen LogP contribution in [0.3, 0.4) is 0 Å². The number of aromatic nitrogens is 1. The van der Waals surface area contributed by atoms with Crippen LogP contribution in [-0.4, -0.2) is 27.5 Å². The normalized spacial score (nSPS) is 11.2. The molecular weight excluding hydrogens is 330 g/mol. The average molecular weight is 346 g/mol. The highest BCUT2D eigenvalue weighted by molar-refractivity contribution is 9.10. The van der Waals surface area contributed by atoms with Gasteiger partial charge in [-0.05, 0) is 28.8 Å². The Labute approximate surface area is 124 Å². The summed E-state index contributed by atoms with van der Waals surface area (Å²) in [5.41, 5.74) is -0.999. The maximum atomic E-state index is 11.4. The van der Waals surface area contributed by atoms with Crippen molar-refractivity contribution in [2.45, 2.75) is 26.7 Å². The van der Waals surface area contributed by atoms with E-state index in [4.69, 9.17) is 0 Å². The first kappa shape index (κ1) is 16.4. The molecule has 1 aromatic heterocycles. The molecule has 0 saturated carbocycles. The van der Waals surface area contributed by atoms with Crippen molar-refractivity contribution >= 4 is 33.4 Å². The van der Waals surface area contributed by atoms with E-state index in [-0.39, 0.29) is 12.2 Å². The molecule has 0 spiro atoms.